The standard InChI is InChI=1S/C56H107NO5/c1-4-7-10-13-16-19-22-25-26-27-28-29-30-31-34-37-40-43-46-49-56(61)62-52(47-44-41-38-35-32-23-20-17-14-11-8-5-2)50-55(60)57-53(51-58)54(59)48-45-42-39-36-33-24-21-18-15-12-9-6-3/h25-26,35,38,52-54,58-59H,4-24,27-34,36-37,39-51H2,1-3H3,(H,57,60)/b26-25+,38-35-. The Labute approximate surface area is 386 Å². The highest BCUT2D eigenvalue weighted by Gasteiger charge is 2.24. The molecule has 0 aromatic rings. The van der Waals surface area contributed by atoms with Gasteiger partial charge < -0.3 is 20.3 Å². The van der Waals surface area contributed by atoms with Gasteiger partial charge in [-0.05, 0) is 70.6 Å². The van der Waals surface area contributed by atoms with E-state index in [0.717, 1.165) is 57.8 Å². The molecule has 6 heteroatoms. The number of nitrogens with one attached hydrogen (secondary N) is 1. The van der Waals surface area contributed by atoms with Gasteiger partial charge in [-0.1, -0.05) is 238 Å². The number of unbranched alkanes of at least 4 members (excludes halogenated alkanes) is 34. The van der Waals surface area contributed by atoms with Crippen LogP contribution >= 0.6 is 0 Å². The van der Waals surface area contributed by atoms with E-state index in [1.54, 1.807) is 0 Å². The monoisotopic (exact) mass is 874 g/mol. The summed E-state index contributed by atoms with van der Waals surface area (Å²) in [4.78, 5) is 26.2. The summed E-state index contributed by atoms with van der Waals surface area (Å²) in [6.45, 7) is 6.49. The van der Waals surface area contributed by atoms with Crippen molar-refractivity contribution >= 4 is 11.9 Å². The molecule has 3 unspecified atom stereocenters. The molecule has 0 radical (unpaired) electrons. The average Bonchev–Trinajstić information content (AvgIpc) is 3.26. The minimum Gasteiger partial charge on any atom is -0.462 e. The number of allylic oxidation sites excluding steroid dienone is 4. The molecule has 0 heterocycles. The molecule has 62 heavy (non-hydrogen) atoms. The molecule has 6 nitrogen and oxygen atoms in total. The molecule has 0 saturated heterocycles. The van der Waals surface area contributed by atoms with Gasteiger partial charge in [0, 0.05) is 6.42 Å². The Balaban J connectivity index is 4.49. The maximum Gasteiger partial charge on any atom is 0.306 e. The first-order chi connectivity index (χ1) is 30.5. The number of aliphatic hydroxyl groups excluding tert-OH is 2. The van der Waals surface area contributed by atoms with Crippen LogP contribution in [0.1, 0.15) is 297 Å². The lowest BCUT2D eigenvalue weighted by atomic mass is 10.0. The van der Waals surface area contributed by atoms with Gasteiger partial charge in [0.25, 0.3) is 0 Å². The normalized spacial score (nSPS) is 13.3. The molecule has 0 rings (SSSR count). The van der Waals surface area contributed by atoms with Crippen molar-refractivity contribution in [3.05, 3.63) is 24.3 Å². The third-order valence-corrected chi connectivity index (χ3v) is 12.8. The van der Waals surface area contributed by atoms with Gasteiger partial charge in [-0.25, -0.2) is 0 Å². The van der Waals surface area contributed by atoms with Crippen LogP contribution in [0.3, 0.4) is 0 Å². The minimum atomic E-state index is -0.790. The van der Waals surface area contributed by atoms with Crippen molar-refractivity contribution in [1.29, 1.82) is 0 Å². The molecule has 0 aliphatic rings. The summed E-state index contributed by atoms with van der Waals surface area (Å²) in [6.07, 6.45) is 58.2. The highest BCUT2D eigenvalue weighted by Crippen LogP contribution is 2.18. The molecular formula is C56H107NO5. The van der Waals surface area contributed by atoms with E-state index in [4.69, 9.17) is 4.74 Å². The van der Waals surface area contributed by atoms with Crippen molar-refractivity contribution in [2.75, 3.05) is 6.61 Å². The molecule has 0 aromatic carbocycles. The van der Waals surface area contributed by atoms with Crippen LogP contribution in [-0.4, -0.2) is 46.9 Å². The SMILES string of the molecule is CCCCCCCC/C=C/CCCCCCCCCCCC(=O)OC(CCC/C=C\CCCCCCCCC)CC(=O)NC(CO)C(O)CCCCCCCCCCCCCC. The first-order valence-corrected chi connectivity index (χ1v) is 27.6. The van der Waals surface area contributed by atoms with E-state index >= 15 is 0 Å². The fourth-order valence-corrected chi connectivity index (χ4v) is 8.54. The van der Waals surface area contributed by atoms with Gasteiger partial charge in [-0.15, -0.1) is 0 Å². The van der Waals surface area contributed by atoms with Gasteiger partial charge in [0.15, 0.2) is 0 Å². The van der Waals surface area contributed by atoms with Crippen molar-refractivity contribution in [1.82, 2.24) is 5.32 Å². The largest absolute Gasteiger partial charge is 0.462 e. The second kappa shape index (κ2) is 50.3. The lowest BCUT2D eigenvalue weighted by Crippen LogP contribution is -2.46. The van der Waals surface area contributed by atoms with Gasteiger partial charge >= 0.3 is 5.97 Å². The molecule has 0 aliphatic heterocycles. The van der Waals surface area contributed by atoms with Crippen LogP contribution in [0.4, 0.5) is 0 Å². The zero-order valence-corrected chi connectivity index (χ0v) is 41.8. The van der Waals surface area contributed by atoms with Crippen molar-refractivity contribution in [3.8, 4) is 0 Å². The summed E-state index contributed by atoms with van der Waals surface area (Å²) >= 11 is 0. The Morgan fingerprint density at radius 2 is 0.790 bits per heavy atom. The molecule has 3 atom stereocenters. The van der Waals surface area contributed by atoms with E-state index in [0.29, 0.717) is 19.3 Å². The number of carbonyl (C=O) groups is 2. The molecular weight excluding hydrogens is 767 g/mol. The first-order valence-electron chi connectivity index (χ1n) is 27.6. The third-order valence-electron chi connectivity index (χ3n) is 12.8. The second-order valence-corrected chi connectivity index (χ2v) is 19.0. The summed E-state index contributed by atoms with van der Waals surface area (Å²) in [5, 5.41) is 23.8. The number of amides is 1. The zero-order chi connectivity index (χ0) is 45.2. The van der Waals surface area contributed by atoms with Crippen molar-refractivity contribution in [2.24, 2.45) is 0 Å². The molecule has 3 N–H and O–H groups in total. The summed E-state index contributed by atoms with van der Waals surface area (Å²) in [5.74, 6) is -0.492. The van der Waals surface area contributed by atoms with Crippen LogP contribution in [-0.2, 0) is 14.3 Å². The van der Waals surface area contributed by atoms with Crippen LogP contribution in [0.5, 0.6) is 0 Å². The van der Waals surface area contributed by atoms with Crippen LogP contribution in [0.2, 0.25) is 0 Å². The topological polar surface area (TPSA) is 95.9 Å². The molecule has 0 saturated carbocycles. The molecule has 366 valence electrons. The van der Waals surface area contributed by atoms with Gasteiger partial charge in [-0.3, -0.25) is 9.59 Å². The fraction of sp³-hybridized carbons (Fsp3) is 0.893. The highest BCUT2D eigenvalue weighted by atomic mass is 16.5. The summed E-state index contributed by atoms with van der Waals surface area (Å²) < 4.78 is 5.93. The predicted molar refractivity (Wildman–Crippen MR) is 269 cm³/mol. The van der Waals surface area contributed by atoms with Crippen LogP contribution in [0.15, 0.2) is 24.3 Å². The Bertz CT molecular complexity index is 981. The third kappa shape index (κ3) is 44.9. The molecule has 0 fully saturated rings. The summed E-state index contributed by atoms with van der Waals surface area (Å²) in [7, 11) is 0. The number of aliphatic hydroxyl groups is 2. The van der Waals surface area contributed by atoms with Gasteiger partial charge in [-0.2, -0.15) is 0 Å². The van der Waals surface area contributed by atoms with Crippen molar-refractivity contribution in [3.63, 3.8) is 0 Å². The fourth-order valence-electron chi connectivity index (χ4n) is 8.54. The molecule has 0 spiro atoms. The number of hydrogen-bond acceptors (Lipinski definition) is 5. The van der Waals surface area contributed by atoms with Gasteiger partial charge in [0.1, 0.15) is 6.10 Å². The Hall–Kier alpha value is -1.66. The Kier molecular flexibility index (Phi) is 49.0. The highest BCUT2D eigenvalue weighted by molar-refractivity contribution is 5.77. The van der Waals surface area contributed by atoms with Crippen LogP contribution < -0.4 is 5.32 Å². The van der Waals surface area contributed by atoms with Crippen LogP contribution in [0.25, 0.3) is 0 Å². The van der Waals surface area contributed by atoms with E-state index in [1.165, 1.54) is 193 Å². The minimum absolute atomic E-state index is 0.0603. The van der Waals surface area contributed by atoms with E-state index in [-0.39, 0.29) is 24.9 Å². The van der Waals surface area contributed by atoms with Gasteiger partial charge in [0.05, 0.1) is 25.2 Å². The number of hydrogen-bond donors (Lipinski definition) is 3. The second-order valence-electron chi connectivity index (χ2n) is 19.0. The molecule has 0 bridgehead atoms. The predicted octanol–water partition coefficient (Wildman–Crippen LogP) is 16.7. The molecule has 0 aromatic heterocycles. The lowest BCUT2D eigenvalue weighted by molar-refractivity contribution is -0.151. The van der Waals surface area contributed by atoms with Gasteiger partial charge in [0.2, 0.25) is 5.91 Å². The van der Waals surface area contributed by atoms with Crippen LogP contribution in [0, 0.1) is 0 Å². The lowest BCUT2D eigenvalue weighted by Gasteiger charge is -2.24. The maximum atomic E-state index is 13.2. The average molecular weight is 874 g/mol. The summed E-state index contributed by atoms with van der Waals surface area (Å²) in [6, 6.07) is -0.706. The number of esters is 1. The quantitative estimate of drug-likeness (QED) is 0.0321. The molecule has 0 aliphatic carbocycles. The zero-order valence-electron chi connectivity index (χ0n) is 41.8. The van der Waals surface area contributed by atoms with E-state index < -0.39 is 18.2 Å². The Morgan fingerprint density at radius 3 is 1.18 bits per heavy atom. The Morgan fingerprint density at radius 1 is 0.452 bits per heavy atom. The van der Waals surface area contributed by atoms with E-state index in [2.05, 4.69) is 50.4 Å². The number of rotatable bonds is 50. The van der Waals surface area contributed by atoms with Crippen molar-refractivity contribution in [2.45, 2.75) is 315 Å². The maximum absolute atomic E-state index is 13.2. The van der Waals surface area contributed by atoms with E-state index in [9.17, 15) is 19.8 Å². The smallest absolute Gasteiger partial charge is 0.306 e. The van der Waals surface area contributed by atoms with Crippen molar-refractivity contribution < 1.29 is 24.5 Å². The number of carbonyl (C=O) groups excluding carboxylic acids is 2. The number of ether oxygens (including phenoxy) is 1. The summed E-state index contributed by atoms with van der Waals surface area (Å²) in [5.41, 5.74) is 0. The first kappa shape index (κ1) is 60.3. The van der Waals surface area contributed by atoms with E-state index in [1.807, 2.05) is 0 Å². The molecule has 1 amide bonds.